The van der Waals surface area contributed by atoms with E-state index in [0.717, 1.165) is 23.4 Å². The standard InChI is InChI=1S/C21H24N4O3/c1-3-12-27-19-8-10-20(11-9-19)28-13-21(26)24-16(2)17-4-6-18(7-5-17)25-15-22-14-23-25/h4-11,14-16H,3,12-13H2,1-2H3,(H,24,26). The SMILES string of the molecule is CCCOc1ccc(OCC(=O)NC(C)c2ccc(-n3cncn3)cc2)cc1. The van der Waals surface area contributed by atoms with Gasteiger partial charge in [-0.1, -0.05) is 19.1 Å². The Balaban J connectivity index is 1.47. The molecule has 3 rings (SSSR count). The number of hydrogen-bond donors (Lipinski definition) is 1. The second kappa shape index (κ2) is 9.55. The minimum absolute atomic E-state index is 0.0451. The summed E-state index contributed by atoms with van der Waals surface area (Å²) >= 11 is 0. The Labute approximate surface area is 164 Å². The largest absolute Gasteiger partial charge is 0.494 e. The molecule has 146 valence electrons. The fourth-order valence-electron chi connectivity index (χ4n) is 2.62. The highest BCUT2D eigenvalue weighted by molar-refractivity contribution is 5.78. The second-order valence-electron chi connectivity index (χ2n) is 6.33. The van der Waals surface area contributed by atoms with E-state index in [1.54, 1.807) is 23.1 Å². The van der Waals surface area contributed by atoms with Crippen molar-refractivity contribution in [2.45, 2.75) is 26.3 Å². The molecular formula is C21H24N4O3. The maximum atomic E-state index is 12.2. The Hall–Kier alpha value is -3.35. The van der Waals surface area contributed by atoms with Gasteiger partial charge >= 0.3 is 0 Å². The minimum Gasteiger partial charge on any atom is -0.494 e. The van der Waals surface area contributed by atoms with Gasteiger partial charge in [0, 0.05) is 0 Å². The van der Waals surface area contributed by atoms with Gasteiger partial charge in [0.1, 0.15) is 24.2 Å². The Bertz CT molecular complexity index is 862. The third-order valence-corrected chi connectivity index (χ3v) is 4.12. The molecule has 28 heavy (non-hydrogen) atoms. The molecule has 0 saturated heterocycles. The van der Waals surface area contributed by atoms with Crippen molar-refractivity contribution in [1.82, 2.24) is 20.1 Å². The van der Waals surface area contributed by atoms with Crippen LogP contribution in [0, 0.1) is 0 Å². The summed E-state index contributed by atoms with van der Waals surface area (Å²) in [6, 6.07) is 14.9. The molecule has 0 saturated carbocycles. The molecule has 0 aliphatic heterocycles. The van der Waals surface area contributed by atoms with Crippen molar-refractivity contribution < 1.29 is 14.3 Å². The first-order valence-corrected chi connectivity index (χ1v) is 9.25. The van der Waals surface area contributed by atoms with Gasteiger partial charge in [-0.2, -0.15) is 5.10 Å². The molecule has 0 spiro atoms. The zero-order chi connectivity index (χ0) is 19.8. The monoisotopic (exact) mass is 380 g/mol. The zero-order valence-corrected chi connectivity index (χ0v) is 16.0. The third-order valence-electron chi connectivity index (χ3n) is 4.12. The van der Waals surface area contributed by atoms with Gasteiger partial charge in [0.15, 0.2) is 6.61 Å². The predicted octanol–water partition coefficient (Wildman–Crippen LogP) is 3.31. The number of nitrogens with zero attached hydrogens (tertiary/aromatic N) is 3. The Morgan fingerprint density at radius 1 is 1.07 bits per heavy atom. The molecular weight excluding hydrogens is 356 g/mol. The number of aromatic nitrogens is 3. The molecule has 2 aromatic carbocycles. The molecule has 0 radical (unpaired) electrons. The number of hydrogen-bond acceptors (Lipinski definition) is 5. The van der Waals surface area contributed by atoms with Crippen LogP contribution in [0.15, 0.2) is 61.2 Å². The minimum atomic E-state index is -0.181. The maximum absolute atomic E-state index is 12.2. The van der Waals surface area contributed by atoms with Gasteiger partial charge in [0.2, 0.25) is 0 Å². The van der Waals surface area contributed by atoms with Crippen molar-refractivity contribution in [1.29, 1.82) is 0 Å². The van der Waals surface area contributed by atoms with Crippen molar-refractivity contribution >= 4 is 5.91 Å². The van der Waals surface area contributed by atoms with Crippen LogP contribution < -0.4 is 14.8 Å². The molecule has 1 aromatic heterocycles. The van der Waals surface area contributed by atoms with E-state index in [4.69, 9.17) is 9.47 Å². The van der Waals surface area contributed by atoms with E-state index >= 15 is 0 Å². The summed E-state index contributed by atoms with van der Waals surface area (Å²) in [5, 5.41) is 7.03. The first-order valence-electron chi connectivity index (χ1n) is 9.25. The van der Waals surface area contributed by atoms with Gasteiger partial charge in [0.25, 0.3) is 5.91 Å². The van der Waals surface area contributed by atoms with Crippen molar-refractivity contribution in [2.75, 3.05) is 13.2 Å². The highest BCUT2D eigenvalue weighted by atomic mass is 16.5. The van der Waals surface area contributed by atoms with Crippen LogP contribution in [-0.2, 0) is 4.79 Å². The molecule has 0 aliphatic rings. The highest BCUT2D eigenvalue weighted by Crippen LogP contribution is 2.18. The molecule has 3 aromatic rings. The lowest BCUT2D eigenvalue weighted by Crippen LogP contribution is -2.31. The molecule has 1 heterocycles. The number of carbonyl (C=O) groups excluding carboxylic acids is 1. The summed E-state index contributed by atoms with van der Waals surface area (Å²) in [6.45, 7) is 4.63. The number of rotatable bonds is 9. The number of carbonyl (C=O) groups is 1. The van der Waals surface area contributed by atoms with Gasteiger partial charge in [-0.15, -0.1) is 0 Å². The lowest BCUT2D eigenvalue weighted by Gasteiger charge is -2.15. The molecule has 0 fully saturated rings. The maximum Gasteiger partial charge on any atom is 0.258 e. The van der Waals surface area contributed by atoms with Crippen LogP contribution in [0.25, 0.3) is 5.69 Å². The molecule has 7 heteroatoms. The summed E-state index contributed by atoms with van der Waals surface area (Å²) in [5.41, 5.74) is 1.91. The van der Waals surface area contributed by atoms with E-state index in [9.17, 15) is 4.79 Å². The fourth-order valence-corrected chi connectivity index (χ4v) is 2.62. The van der Waals surface area contributed by atoms with Crippen LogP contribution in [0.4, 0.5) is 0 Å². The van der Waals surface area contributed by atoms with Crippen molar-refractivity contribution in [3.63, 3.8) is 0 Å². The molecule has 0 aliphatic carbocycles. The van der Waals surface area contributed by atoms with E-state index in [-0.39, 0.29) is 18.6 Å². The summed E-state index contributed by atoms with van der Waals surface area (Å²) in [5.74, 6) is 1.24. The fraction of sp³-hybridized carbons (Fsp3) is 0.286. The smallest absolute Gasteiger partial charge is 0.258 e. The predicted molar refractivity (Wildman–Crippen MR) is 106 cm³/mol. The van der Waals surface area contributed by atoms with Gasteiger partial charge in [-0.05, 0) is 55.3 Å². The molecule has 7 nitrogen and oxygen atoms in total. The highest BCUT2D eigenvalue weighted by Gasteiger charge is 2.11. The average molecular weight is 380 g/mol. The van der Waals surface area contributed by atoms with Gasteiger partial charge in [-0.25, -0.2) is 9.67 Å². The van der Waals surface area contributed by atoms with Crippen LogP contribution in [-0.4, -0.2) is 33.9 Å². The van der Waals surface area contributed by atoms with Crippen molar-refractivity contribution in [2.24, 2.45) is 0 Å². The zero-order valence-electron chi connectivity index (χ0n) is 16.0. The molecule has 1 atom stereocenters. The van der Waals surface area contributed by atoms with Crippen LogP contribution in [0.1, 0.15) is 31.9 Å². The Morgan fingerprint density at radius 2 is 1.75 bits per heavy atom. The Kier molecular flexibility index (Phi) is 6.62. The molecule has 1 N–H and O–H groups in total. The second-order valence-corrected chi connectivity index (χ2v) is 6.33. The quantitative estimate of drug-likeness (QED) is 0.616. The van der Waals surface area contributed by atoms with Crippen LogP contribution in [0.5, 0.6) is 11.5 Å². The summed E-state index contributed by atoms with van der Waals surface area (Å²) in [6.07, 6.45) is 4.09. The Morgan fingerprint density at radius 3 is 2.36 bits per heavy atom. The van der Waals surface area contributed by atoms with Crippen LogP contribution in [0.2, 0.25) is 0 Å². The number of benzene rings is 2. The number of ether oxygens (including phenoxy) is 2. The summed E-state index contributed by atoms with van der Waals surface area (Å²) < 4.78 is 12.8. The lowest BCUT2D eigenvalue weighted by atomic mass is 10.1. The van der Waals surface area contributed by atoms with E-state index in [0.29, 0.717) is 12.4 Å². The van der Waals surface area contributed by atoms with Gasteiger partial charge in [-0.3, -0.25) is 4.79 Å². The number of nitrogens with one attached hydrogen (secondary N) is 1. The molecule has 1 amide bonds. The van der Waals surface area contributed by atoms with Crippen LogP contribution >= 0.6 is 0 Å². The molecule has 0 bridgehead atoms. The van der Waals surface area contributed by atoms with E-state index < -0.39 is 0 Å². The summed E-state index contributed by atoms with van der Waals surface area (Å²) in [4.78, 5) is 16.1. The van der Waals surface area contributed by atoms with Crippen molar-refractivity contribution in [3.05, 3.63) is 66.7 Å². The lowest BCUT2D eigenvalue weighted by molar-refractivity contribution is -0.123. The average Bonchev–Trinajstić information content (AvgIpc) is 3.26. The van der Waals surface area contributed by atoms with Gasteiger partial charge in [0.05, 0.1) is 18.3 Å². The third kappa shape index (κ3) is 5.33. The van der Waals surface area contributed by atoms with E-state index in [1.807, 2.05) is 43.3 Å². The summed E-state index contributed by atoms with van der Waals surface area (Å²) in [7, 11) is 0. The molecule has 1 unspecified atom stereocenters. The van der Waals surface area contributed by atoms with E-state index in [2.05, 4.69) is 22.3 Å². The first kappa shape index (κ1) is 19.4. The normalized spacial score (nSPS) is 11.6. The van der Waals surface area contributed by atoms with Crippen molar-refractivity contribution in [3.8, 4) is 17.2 Å². The van der Waals surface area contributed by atoms with Gasteiger partial charge < -0.3 is 14.8 Å². The van der Waals surface area contributed by atoms with E-state index in [1.165, 1.54) is 6.33 Å². The first-order chi connectivity index (χ1) is 13.7. The topological polar surface area (TPSA) is 78.3 Å². The number of amides is 1. The van der Waals surface area contributed by atoms with Crippen LogP contribution in [0.3, 0.4) is 0 Å².